The molecule has 1 N–H and O–H groups in total. The molecule has 0 aliphatic rings. The average molecular weight is 518 g/mol. The van der Waals surface area contributed by atoms with E-state index in [1.54, 1.807) is 0 Å². The zero-order valence-electron chi connectivity index (χ0n) is 15.8. The number of thiazole rings is 1. The molecule has 4 aromatic rings. The molecule has 1 amide bonds. The fourth-order valence-corrected chi connectivity index (χ4v) is 5.38. The van der Waals surface area contributed by atoms with Crippen molar-refractivity contribution in [2.45, 2.75) is 11.3 Å². The van der Waals surface area contributed by atoms with Gasteiger partial charge in [-0.3, -0.25) is 9.36 Å². The van der Waals surface area contributed by atoms with Crippen molar-refractivity contribution in [2.24, 2.45) is 5.10 Å². The first-order valence-electron chi connectivity index (χ1n) is 8.87. The molecule has 0 atom stereocenters. The minimum atomic E-state index is -0.189. The normalized spacial score (nSPS) is 11.6. The van der Waals surface area contributed by atoms with Crippen molar-refractivity contribution in [3.63, 3.8) is 0 Å². The minimum absolute atomic E-state index is 0.189. The van der Waals surface area contributed by atoms with Crippen molar-refractivity contribution in [3.05, 3.63) is 74.3 Å². The van der Waals surface area contributed by atoms with Crippen LogP contribution in [0.15, 0.2) is 73.9 Å². The molecule has 6 nitrogen and oxygen atoms in total. The number of nitrogens with one attached hydrogen (secondary N) is 1. The predicted molar refractivity (Wildman–Crippen MR) is 126 cm³/mol. The molecule has 0 bridgehead atoms. The molecule has 2 heterocycles. The Balaban J connectivity index is 1.60. The standard InChI is InChI=1S/C20H16BrN5OS3/c1-13-22-25-20(30-13)29-12-18(27)23-24-19-26(16-5-3-2-4-6-16)17(11-28-19)14-7-9-15(21)10-8-14/h2-11H,12H2,1H3,(H,23,27)/b24-19+. The van der Waals surface area contributed by atoms with Gasteiger partial charge >= 0.3 is 0 Å². The van der Waals surface area contributed by atoms with Gasteiger partial charge in [0, 0.05) is 15.5 Å². The number of aromatic nitrogens is 3. The van der Waals surface area contributed by atoms with Gasteiger partial charge in [-0.05, 0) is 36.8 Å². The smallest absolute Gasteiger partial charge is 0.250 e. The first-order chi connectivity index (χ1) is 14.6. The van der Waals surface area contributed by atoms with Crippen LogP contribution < -0.4 is 10.2 Å². The van der Waals surface area contributed by atoms with Crippen LogP contribution in [0, 0.1) is 6.92 Å². The Morgan fingerprint density at radius 2 is 1.93 bits per heavy atom. The van der Waals surface area contributed by atoms with Crippen LogP contribution in [0.1, 0.15) is 5.01 Å². The van der Waals surface area contributed by atoms with Crippen LogP contribution in [-0.4, -0.2) is 26.4 Å². The number of benzene rings is 2. The highest BCUT2D eigenvalue weighted by atomic mass is 79.9. The van der Waals surface area contributed by atoms with Crippen LogP contribution in [0.25, 0.3) is 16.9 Å². The van der Waals surface area contributed by atoms with E-state index in [0.29, 0.717) is 4.80 Å². The summed E-state index contributed by atoms with van der Waals surface area (Å²) < 4.78 is 3.83. The molecule has 2 aromatic heterocycles. The third-order valence-corrected chi connectivity index (χ3v) is 7.30. The largest absolute Gasteiger partial charge is 0.284 e. The Labute approximate surface area is 193 Å². The highest BCUT2D eigenvalue weighted by molar-refractivity contribution is 9.10. The fourth-order valence-electron chi connectivity index (χ4n) is 2.64. The second kappa shape index (κ2) is 9.69. The van der Waals surface area contributed by atoms with E-state index in [4.69, 9.17) is 0 Å². The predicted octanol–water partition coefficient (Wildman–Crippen LogP) is 4.85. The maximum atomic E-state index is 12.3. The van der Waals surface area contributed by atoms with Crippen molar-refractivity contribution < 1.29 is 4.79 Å². The number of carbonyl (C=O) groups excluding carboxylic acids is 1. The van der Waals surface area contributed by atoms with Crippen LogP contribution in [0.2, 0.25) is 0 Å². The van der Waals surface area contributed by atoms with E-state index in [1.807, 2.05) is 59.3 Å². The molecule has 30 heavy (non-hydrogen) atoms. The van der Waals surface area contributed by atoms with Crippen LogP contribution in [0.5, 0.6) is 0 Å². The maximum absolute atomic E-state index is 12.3. The van der Waals surface area contributed by atoms with Gasteiger partial charge in [-0.1, -0.05) is 69.4 Å². The number of carbonyl (C=O) groups is 1. The number of para-hydroxylation sites is 1. The summed E-state index contributed by atoms with van der Waals surface area (Å²) >= 11 is 7.78. The molecule has 4 rings (SSSR count). The first kappa shape index (κ1) is 21.0. The van der Waals surface area contributed by atoms with Gasteiger partial charge in [0.2, 0.25) is 4.80 Å². The third kappa shape index (κ3) is 5.07. The summed E-state index contributed by atoms with van der Waals surface area (Å²) in [6, 6.07) is 18.1. The highest BCUT2D eigenvalue weighted by Gasteiger charge is 2.11. The molecule has 0 aliphatic heterocycles. The first-order valence-corrected chi connectivity index (χ1v) is 12.3. The Bertz CT molecular complexity index is 1220. The molecule has 0 aliphatic carbocycles. The van der Waals surface area contributed by atoms with Gasteiger partial charge in [-0.15, -0.1) is 26.6 Å². The van der Waals surface area contributed by atoms with Gasteiger partial charge < -0.3 is 0 Å². The molecule has 0 fully saturated rings. The van der Waals surface area contributed by atoms with Gasteiger partial charge in [-0.2, -0.15) is 0 Å². The van der Waals surface area contributed by atoms with Gasteiger partial charge in [0.25, 0.3) is 5.91 Å². The Morgan fingerprint density at radius 3 is 2.63 bits per heavy atom. The zero-order chi connectivity index (χ0) is 20.9. The summed E-state index contributed by atoms with van der Waals surface area (Å²) in [4.78, 5) is 13.0. The molecule has 0 saturated heterocycles. The molecular weight excluding hydrogens is 502 g/mol. The van der Waals surface area contributed by atoms with Gasteiger partial charge in [0.05, 0.1) is 11.4 Å². The molecule has 0 unspecified atom stereocenters. The molecule has 0 radical (unpaired) electrons. The molecule has 0 saturated carbocycles. The topological polar surface area (TPSA) is 72.2 Å². The summed E-state index contributed by atoms with van der Waals surface area (Å²) in [7, 11) is 0. The van der Waals surface area contributed by atoms with E-state index in [1.165, 1.54) is 34.4 Å². The average Bonchev–Trinajstić information content (AvgIpc) is 3.38. The molecule has 0 spiro atoms. The lowest BCUT2D eigenvalue weighted by molar-refractivity contribution is -0.118. The van der Waals surface area contributed by atoms with Gasteiger partial charge in [-0.25, -0.2) is 5.43 Å². The molecule has 2 aromatic carbocycles. The van der Waals surface area contributed by atoms with Crippen molar-refractivity contribution in [2.75, 3.05) is 5.75 Å². The molecular formula is C20H16BrN5OS3. The second-order valence-electron chi connectivity index (χ2n) is 6.10. The Morgan fingerprint density at radius 1 is 1.17 bits per heavy atom. The van der Waals surface area contributed by atoms with Gasteiger partial charge in [0.15, 0.2) is 4.34 Å². The number of nitrogens with zero attached hydrogens (tertiary/aromatic N) is 4. The van der Waals surface area contributed by atoms with Crippen LogP contribution in [-0.2, 0) is 4.79 Å². The van der Waals surface area contributed by atoms with Crippen molar-refractivity contribution in [1.82, 2.24) is 20.2 Å². The van der Waals surface area contributed by atoms with E-state index in [-0.39, 0.29) is 11.7 Å². The van der Waals surface area contributed by atoms with E-state index in [0.717, 1.165) is 30.8 Å². The number of thioether (sulfide) groups is 1. The van der Waals surface area contributed by atoms with Gasteiger partial charge in [0.1, 0.15) is 5.01 Å². The lowest BCUT2D eigenvalue weighted by atomic mass is 10.1. The summed E-state index contributed by atoms with van der Waals surface area (Å²) in [5.74, 6) is 0.0417. The Hall–Kier alpha value is -2.27. The number of halogens is 1. The fraction of sp³-hybridized carbons (Fsp3) is 0.100. The van der Waals surface area contributed by atoms with E-state index in [9.17, 15) is 4.79 Å². The SMILES string of the molecule is Cc1nnc(SCC(=O)N/N=c2/scc(-c3ccc(Br)cc3)n2-c2ccccc2)s1. The number of aryl methyl sites for hydroxylation is 1. The lowest BCUT2D eigenvalue weighted by Gasteiger charge is -2.09. The molecule has 10 heteroatoms. The summed E-state index contributed by atoms with van der Waals surface area (Å²) in [6.07, 6.45) is 0. The van der Waals surface area contributed by atoms with Crippen LogP contribution >= 0.6 is 50.4 Å². The summed E-state index contributed by atoms with van der Waals surface area (Å²) in [5, 5.41) is 15.3. The van der Waals surface area contributed by atoms with E-state index < -0.39 is 0 Å². The number of hydrogen-bond acceptors (Lipinski definition) is 7. The minimum Gasteiger partial charge on any atom is -0.284 e. The molecule has 152 valence electrons. The summed E-state index contributed by atoms with van der Waals surface area (Å²) in [6.45, 7) is 1.89. The second-order valence-corrected chi connectivity index (χ2v) is 10.3. The van der Waals surface area contributed by atoms with Crippen molar-refractivity contribution in [3.8, 4) is 16.9 Å². The highest BCUT2D eigenvalue weighted by Crippen LogP contribution is 2.25. The Kier molecular flexibility index (Phi) is 6.78. The monoisotopic (exact) mass is 517 g/mol. The number of hydrogen-bond donors (Lipinski definition) is 1. The quantitative estimate of drug-likeness (QED) is 0.293. The van der Waals surface area contributed by atoms with E-state index in [2.05, 4.69) is 48.8 Å². The van der Waals surface area contributed by atoms with Crippen molar-refractivity contribution in [1.29, 1.82) is 0 Å². The lowest BCUT2D eigenvalue weighted by Crippen LogP contribution is -2.25. The van der Waals surface area contributed by atoms with Crippen molar-refractivity contribution >= 4 is 56.3 Å². The third-order valence-electron chi connectivity index (χ3n) is 3.97. The number of rotatable bonds is 6. The maximum Gasteiger partial charge on any atom is 0.250 e. The number of amides is 1. The van der Waals surface area contributed by atoms with E-state index >= 15 is 0 Å². The van der Waals surface area contributed by atoms with Crippen LogP contribution in [0.4, 0.5) is 0 Å². The summed E-state index contributed by atoms with van der Waals surface area (Å²) in [5.41, 5.74) is 5.71. The van der Waals surface area contributed by atoms with Crippen LogP contribution in [0.3, 0.4) is 0 Å². The zero-order valence-corrected chi connectivity index (χ0v) is 19.8.